The topological polar surface area (TPSA) is 34.1 Å². The van der Waals surface area contributed by atoms with Crippen LogP contribution in [0.2, 0.25) is 0 Å². The van der Waals surface area contributed by atoms with E-state index >= 15 is 0 Å². The van der Waals surface area contributed by atoms with Crippen molar-refractivity contribution < 1.29 is 8.42 Å². The number of hydrogen-bond acceptors (Lipinski definition) is 2. The van der Waals surface area contributed by atoms with E-state index in [1.807, 2.05) is 0 Å². The summed E-state index contributed by atoms with van der Waals surface area (Å²) >= 11 is 11.7. The van der Waals surface area contributed by atoms with Gasteiger partial charge in [-0.2, -0.15) is 0 Å². The highest BCUT2D eigenvalue weighted by Crippen LogP contribution is 2.39. The van der Waals surface area contributed by atoms with Crippen LogP contribution in [0.1, 0.15) is 12.5 Å². The molecule has 0 atom stereocenters. The van der Waals surface area contributed by atoms with Gasteiger partial charge in [0.05, 0.1) is 5.75 Å². The van der Waals surface area contributed by atoms with Crippen molar-refractivity contribution in [3.63, 3.8) is 0 Å². The molecule has 0 radical (unpaired) electrons. The Morgan fingerprint density at radius 2 is 1.71 bits per heavy atom. The zero-order valence-corrected chi connectivity index (χ0v) is 9.90. The van der Waals surface area contributed by atoms with E-state index in [2.05, 4.69) is 0 Å². The maximum atomic E-state index is 11.6. The first-order chi connectivity index (χ1) is 6.42. The van der Waals surface area contributed by atoms with Crippen molar-refractivity contribution >= 4 is 33.0 Å². The quantitative estimate of drug-likeness (QED) is 0.776. The second-order valence-corrected chi connectivity index (χ2v) is 6.98. The Morgan fingerprint density at radius 1 is 1.21 bits per heavy atom. The first-order valence-electron chi connectivity index (χ1n) is 4.07. The van der Waals surface area contributed by atoms with Gasteiger partial charge in [-0.25, -0.2) is 8.42 Å². The summed E-state index contributed by atoms with van der Waals surface area (Å²) in [6.07, 6.45) is 0. The fourth-order valence-corrected chi connectivity index (χ4v) is 2.76. The smallest absolute Gasteiger partial charge is 0.225 e. The molecule has 78 valence electrons. The molecule has 0 aliphatic carbocycles. The van der Waals surface area contributed by atoms with Gasteiger partial charge in [0.15, 0.2) is 9.84 Å². The van der Waals surface area contributed by atoms with Gasteiger partial charge >= 0.3 is 0 Å². The molecule has 0 saturated heterocycles. The standard InChI is InChI=1S/C9H10Cl2O2S/c1-2-14(12,13)9(10,11)8-6-4-3-5-7-8/h3-7H,2H2,1H3. The molecule has 1 rings (SSSR count). The molecule has 0 fully saturated rings. The van der Waals surface area contributed by atoms with Gasteiger partial charge in [-0.1, -0.05) is 60.5 Å². The monoisotopic (exact) mass is 252 g/mol. The van der Waals surface area contributed by atoms with Crippen molar-refractivity contribution in [1.29, 1.82) is 0 Å². The number of sulfone groups is 1. The fourth-order valence-electron chi connectivity index (χ4n) is 0.993. The lowest BCUT2D eigenvalue weighted by Crippen LogP contribution is -2.25. The van der Waals surface area contributed by atoms with Crippen LogP contribution in [-0.4, -0.2) is 14.2 Å². The Morgan fingerprint density at radius 3 is 2.14 bits per heavy atom. The van der Waals surface area contributed by atoms with Gasteiger partial charge in [-0.05, 0) is 0 Å². The van der Waals surface area contributed by atoms with Crippen LogP contribution in [0.3, 0.4) is 0 Å². The molecule has 0 spiro atoms. The Hall–Kier alpha value is -0.250. The van der Waals surface area contributed by atoms with Crippen LogP contribution in [-0.2, 0) is 13.5 Å². The fraction of sp³-hybridized carbons (Fsp3) is 0.333. The van der Waals surface area contributed by atoms with Gasteiger partial charge in [-0.15, -0.1) is 0 Å². The van der Waals surface area contributed by atoms with Crippen LogP contribution in [0.25, 0.3) is 0 Å². The van der Waals surface area contributed by atoms with Crippen LogP contribution in [0.5, 0.6) is 0 Å². The maximum Gasteiger partial charge on any atom is 0.242 e. The van der Waals surface area contributed by atoms with Crippen LogP contribution in [0.4, 0.5) is 0 Å². The lowest BCUT2D eigenvalue weighted by molar-refractivity contribution is 0.591. The first kappa shape index (κ1) is 11.8. The minimum atomic E-state index is -3.52. The average Bonchev–Trinajstić information content (AvgIpc) is 2.19. The van der Waals surface area contributed by atoms with Crippen molar-refractivity contribution in [2.75, 3.05) is 5.75 Å². The Labute approximate surface area is 93.8 Å². The SMILES string of the molecule is CCS(=O)(=O)C(Cl)(Cl)c1ccccc1. The number of benzene rings is 1. The molecule has 14 heavy (non-hydrogen) atoms. The summed E-state index contributed by atoms with van der Waals surface area (Å²) in [7, 11) is -3.52. The van der Waals surface area contributed by atoms with Gasteiger partial charge in [0, 0.05) is 5.56 Å². The number of halogens is 2. The van der Waals surface area contributed by atoms with E-state index in [-0.39, 0.29) is 5.75 Å². The molecule has 0 bridgehead atoms. The molecular formula is C9H10Cl2O2S. The van der Waals surface area contributed by atoms with Gasteiger partial charge in [0.25, 0.3) is 0 Å². The zero-order chi connectivity index (χ0) is 10.8. The maximum absolute atomic E-state index is 11.6. The Balaban J connectivity index is 3.22. The highest BCUT2D eigenvalue weighted by atomic mass is 35.5. The summed E-state index contributed by atoms with van der Waals surface area (Å²) in [4.78, 5) is 0. The summed E-state index contributed by atoms with van der Waals surface area (Å²) in [5.41, 5.74) is 0.380. The van der Waals surface area contributed by atoms with Crippen molar-refractivity contribution in [3.05, 3.63) is 35.9 Å². The second kappa shape index (κ2) is 4.09. The Bertz CT molecular complexity index is 398. The summed E-state index contributed by atoms with van der Waals surface area (Å²) < 4.78 is 21.3. The number of hydrogen-bond donors (Lipinski definition) is 0. The molecular weight excluding hydrogens is 243 g/mol. The predicted octanol–water partition coefficient (Wildman–Crippen LogP) is 2.71. The van der Waals surface area contributed by atoms with E-state index in [0.29, 0.717) is 5.56 Å². The van der Waals surface area contributed by atoms with Crippen LogP contribution in [0.15, 0.2) is 30.3 Å². The molecule has 0 saturated carbocycles. The number of rotatable bonds is 3. The summed E-state index contributed by atoms with van der Waals surface area (Å²) in [6, 6.07) is 8.34. The molecule has 0 aliphatic heterocycles. The van der Waals surface area contributed by atoms with Gasteiger partial charge in [0.2, 0.25) is 3.67 Å². The van der Waals surface area contributed by atoms with Gasteiger partial charge < -0.3 is 0 Å². The Kier molecular flexibility index (Phi) is 3.45. The molecule has 0 amide bonds. The molecule has 0 heterocycles. The highest BCUT2D eigenvalue weighted by Gasteiger charge is 2.40. The van der Waals surface area contributed by atoms with E-state index in [0.717, 1.165) is 0 Å². The summed E-state index contributed by atoms with van der Waals surface area (Å²) in [5, 5.41) is 0. The average molecular weight is 253 g/mol. The van der Waals surface area contributed by atoms with Gasteiger partial charge in [0.1, 0.15) is 0 Å². The van der Waals surface area contributed by atoms with Crippen LogP contribution >= 0.6 is 23.2 Å². The second-order valence-electron chi connectivity index (χ2n) is 2.79. The lowest BCUT2D eigenvalue weighted by Gasteiger charge is -2.19. The van der Waals surface area contributed by atoms with Gasteiger partial charge in [-0.3, -0.25) is 0 Å². The molecule has 0 unspecified atom stereocenters. The van der Waals surface area contributed by atoms with Crippen molar-refractivity contribution in [2.24, 2.45) is 0 Å². The van der Waals surface area contributed by atoms with Crippen LogP contribution < -0.4 is 0 Å². The van der Waals surface area contributed by atoms with Crippen LogP contribution in [0, 0.1) is 0 Å². The predicted molar refractivity (Wildman–Crippen MR) is 59.3 cm³/mol. The number of alkyl halides is 2. The molecule has 0 aromatic heterocycles. The lowest BCUT2D eigenvalue weighted by atomic mass is 10.2. The normalized spacial score (nSPS) is 12.8. The molecule has 1 aromatic rings. The molecule has 0 aliphatic rings. The summed E-state index contributed by atoms with van der Waals surface area (Å²) in [6.45, 7) is 1.51. The molecule has 2 nitrogen and oxygen atoms in total. The minimum Gasteiger partial charge on any atom is -0.225 e. The van der Waals surface area contributed by atoms with E-state index in [1.165, 1.54) is 6.92 Å². The van der Waals surface area contributed by atoms with E-state index in [1.54, 1.807) is 30.3 Å². The largest absolute Gasteiger partial charge is 0.242 e. The van der Waals surface area contributed by atoms with E-state index in [4.69, 9.17) is 23.2 Å². The highest BCUT2D eigenvalue weighted by molar-refractivity contribution is 7.95. The van der Waals surface area contributed by atoms with E-state index < -0.39 is 13.5 Å². The zero-order valence-electron chi connectivity index (χ0n) is 7.57. The molecule has 5 heteroatoms. The van der Waals surface area contributed by atoms with E-state index in [9.17, 15) is 8.42 Å². The first-order valence-corrected chi connectivity index (χ1v) is 6.48. The molecule has 0 N–H and O–H groups in total. The third-order valence-corrected chi connectivity index (χ3v) is 5.50. The van der Waals surface area contributed by atoms with Crippen molar-refractivity contribution in [3.8, 4) is 0 Å². The van der Waals surface area contributed by atoms with Crippen molar-refractivity contribution in [2.45, 2.75) is 10.6 Å². The van der Waals surface area contributed by atoms with Crippen molar-refractivity contribution in [1.82, 2.24) is 0 Å². The summed E-state index contributed by atoms with van der Waals surface area (Å²) in [5.74, 6) is -0.0884. The third kappa shape index (κ3) is 2.05. The third-order valence-electron chi connectivity index (χ3n) is 1.88. The molecule has 1 aromatic carbocycles. The minimum absolute atomic E-state index is 0.0884.